The van der Waals surface area contributed by atoms with E-state index in [1.807, 2.05) is 57.3 Å². The maximum Gasteiger partial charge on any atom is 0.226 e. The molecule has 24 heavy (non-hydrogen) atoms. The third kappa shape index (κ3) is 3.53. The quantitative estimate of drug-likeness (QED) is 0.779. The lowest BCUT2D eigenvalue weighted by Crippen LogP contribution is -2.17. The van der Waals surface area contributed by atoms with Gasteiger partial charge in [-0.3, -0.25) is 9.48 Å². The minimum Gasteiger partial charge on any atom is -0.441 e. The van der Waals surface area contributed by atoms with E-state index in [-0.39, 0.29) is 11.8 Å². The molecule has 1 amide bonds. The van der Waals surface area contributed by atoms with E-state index in [1.54, 1.807) is 10.9 Å². The van der Waals surface area contributed by atoms with Crippen LogP contribution in [-0.4, -0.2) is 20.7 Å². The highest BCUT2D eigenvalue weighted by molar-refractivity contribution is 5.92. The van der Waals surface area contributed by atoms with Crippen LogP contribution in [0.25, 0.3) is 11.5 Å². The third-order valence-corrected chi connectivity index (χ3v) is 3.69. The average molecular weight is 324 g/mol. The number of oxazole rings is 1. The number of aromatic nitrogens is 3. The summed E-state index contributed by atoms with van der Waals surface area (Å²) < 4.78 is 7.57. The van der Waals surface area contributed by atoms with Crippen LogP contribution < -0.4 is 5.32 Å². The summed E-state index contributed by atoms with van der Waals surface area (Å²) in [5, 5.41) is 7.05. The summed E-state index contributed by atoms with van der Waals surface area (Å²) in [4.78, 5) is 16.3. The smallest absolute Gasteiger partial charge is 0.226 e. The summed E-state index contributed by atoms with van der Waals surface area (Å²) in [7, 11) is 0. The first-order chi connectivity index (χ1) is 11.5. The van der Waals surface area contributed by atoms with Gasteiger partial charge in [-0.2, -0.15) is 5.10 Å². The molecule has 0 fully saturated rings. The predicted molar refractivity (Wildman–Crippen MR) is 91.5 cm³/mol. The van der Waals surface area contributed by atoms with Gasteiger partial charge in [0.2, 0.25) is 11.8 Å². The fourth-order valence-corrected chi connectivity index (χ4v) is 2.23. The Morgan fingerprint density at radius 2 is 2.04 bits per heavy atom. The Morgan fingerprint density at radius 3 is 2.67 bits per heavy atom. The van der Waals surface area contributed by atoms with Crippen molar-refractivity contribution in [1.29, 1.82) is 0 Å². The van der Waals surface area contributed by atoms with Crippen LogP contribution in [0.2, 0.25) is 0 Å². The molecular formula is C18H20N4O2. The van der Waals surface area contributed by atoms with E-state index in [9.17, 15) is 4.79 Å². The summed E-state index contributed by atoms with van der Waals surface area (Å²) in [6.07, 6.45) is 3.63. The second-order valence-corrected chi connectivity index (χ2v) is 5.95. The molecule has 2 aromatic heterocycles. The second-order valence-electron chi connectivity index (χ2n) is 5.95. The molecule has 2 heterocycles. The molecule has 0 bridgehead atoms. The maximum atomic E-state index is 11.7. The van der Waals surface area contributed by atoms with E-state index in [4.69, 9.17) is 4.42 Å². The van der Waals surface area contributed by atoms with E-state index in [0.29, 0.717) is 12.4 Å². The van der Waals surface area contributed by atoms with Gasteiger partial charge < -0.3 is 9.73 Å². The lowest BCUT2D eigenvalue weighted by Gasteiger charge is -2.07. The van der Waals surface area contributed by atoms with Crippen molar-refractivity contribution in [3.63, 3.8) is 0 Å². The van der Waals surface area contributed by atoms with Crippen molar-refractivity contribution >= 4 is 11.6 Å². The van der Waals surface area contributed by atoms with E-state index in [2.05, 4.69) is 15.4 Å². The Kier molecular flexibility index (Phi) is 4.46. The molecular weight excluding hydrogens is 304 g/mol. The Balaban J connectivity index is 1.76. The maximum absolute atomic E-state index is 11.7. The van der Waals surface area contributed by atoms with Gasteiger partial charge in [0.1, 0.15) is 11.5 Å². The zero-order chi connectivity index (χ0) is 17.1. The molecule has 0 aliphatic heterocycles. The highest BCUT2D eigenvalue weighted by Crippen LogP contribution is 2.24. The Labute approximate surface area is 140 Å². The lowest BCUT2D eigenvalue weighted by atomic mass is 10.1. The molecule has 0 radical (unpaired) electrons. The van der Waals surface area contributed by atoms with Gasteiger partial charge in [0, 0.05) is 29.6 Å². The van der Waals surface area contributed by atoms with E-state index in [1.165, 1.54) is 0 Å². The first-order valence-corrected chi connectivity index (χ1v) is 7.88. The largest absolute Gasteiger partial charge is 0.441 e. The van der Waals surface area contributed by atoms with Crippen molar-refractivity contribution in [3.05, 3.63) is 54.2 Å². The van der Waals surface area contributed by atoms with E-state index in [0.717, 1.165) is 22.7 Å². The number of hydrogen-bond acceptors (Lipinski definition) is 4. The molecule has 124 valence electrons. The Bertz CT molecular complexity index is 817. The van der Waals surface area contributed by atoms with Crippen LogP contribution in [0.15, 0.2) is 47.1 Å². The molecule has 6 nitrogen and oxygen atoms in total. The molecule has 0 aliphatic carbocycles. The second kappa shape index (κ2) is 6.70. The molecule has 3 rings (SSSR count). The highest BCUT2D eigenvalue weighted by atomic mass is 16.4. The first kappa shape index (κ1) is 16.0. The van der Waals surface area contributed by atoms with Gasteiger partial charge in [0.15, 0.2) is 0 Å². The van der Waals surface area contributed by atoms with Gasteiger partial charge in [-0.15, -0.1) is 0 Å². The van der Waals surface area contributed by atoms with Gasteiger partial charge in [-0.05, 0) is 37.3 Å². The van der Waals surface area contributed by atoms with Crippen molar-refractivity contribution in [2.45, 2.75) is 27.3 Å². The topological polar surface area (TPSA) is 73.0 Å². The van der Waals surface area contributed by atoms with Crippen LogP contribution in [0.5, 0.6) is 0 Å². The molecule has 1 aromatic carbocycles. The number of nitrogens with zero attached hydrogens (tertiary/aromatic N) is 3. The van der Waals surface area contributed by atoms with Gasteiger partial charge in [-0.25, -0.2) is 4.98 Å². The molecule has 0 aliphatic rings. The summed E-state index contributed by atoms with van der Waals surface area (Å²) >= 11 is 0. The van der Waals surface area contributed by atoms with Crippen LogP contribution in [0.1, 0.15) is 25.3 Å². The summed E-state index contributed by atoms with van der Waals surface area (Å²) in [6, 6.07) is 9.35. The van der Waals surface area contributed by atoms with Crippen molar-refractivity contribution in [2.24, 2.45) is 5.92 Å². The molecule has 6 heteroatoms. The zero-order valence-electron chi connectivity index (χ0n) is 14.0. The van der Waals surface area contributed by atoms with E-state index < -0.39 is 0 Å². The standard InChI is InChI=1S/C18H20N4O2/c1-12(2)17(23)20-15-7-5-14(6-8-15)18-21-16(13(3)24-18)11-22-10-4-9-19-22/h4-10,12H,11H2,1-3H3,(H,20,23). The fourth-order valence-electron chi connectivity index (χ4n) is 2.23. The average Bonchev–Trinajstić information content (AvgIpc) is 3.19. The summed E-state index contributed by atoms with van der Waals surface area (Å²) in [5.41, 5.74) is 2.48. The minimum atomic E-state index is -0.0519. The number of carbonyl (C=O) groups excluding carboxylic acids is 1. The molecule has 1 N–H and O–H groups in total. The molecule has 0 spiro atoms. The van der Waals surface area contributed by atoms with Gasteiger partial charge in [-0.1, -0.05) is 13.8 Å². The van der Waals surface area contributed by atoms with Crippen molar-refractivity contribution in [3.8, 4) is 11.5 Å². The highest BCUT2D eigenvalue weighted by Gasteiger charge is 2.13. The fraction of sp³-hybridized carbons (Fsp3) is 0.278. The number of hydrogen-bond donors (Lipinski definition) is 1. The van der Waals surface area contributed by atoms with Crippen LogP contribution in [0, 0.1) is 12.8 Å². The number of aryl methyl sites for hydroxylation is 1. The summed E-state index contributed by atoms with van der Waals surface area (Å²) in [5.74, 6) is 1.29. The third-order valence-electron chi connectivity index (χ3n) is 3.69. The first-order valence-electron chi connectivity index (χ1n) is 7.88. The van der Waals surface area contributed by atoms with Crippen LogP contribution in [-0.2, 0) is 11.3 Å². The van der Waals surface area contributed by atoms with E-state index >= 15 is 0 Å². The predicted octanol–water partition coefficient (Wildman–Crippen LogP) is 3.49. The normalized spacial score (nSPS) is 11.0. The minimum absolute atomic E-state index is 0.00349. The van der Waals surface area contributed by atoms with Crippen molar-refractivity contribution < 1.29 is 9.21 Å². The molecule has 0 saturated carbocycles. The lowest BCUT2D eigenvalue weighted by molar-refractivity contribution is -0.118. The Hall–Kier alpha value is -2.89. The number of nitrogens with one attached hydrogen (secondary N) is 1. The number of carbonyl (C=O) groups is 1. The van der Waals surface area contributed by atoms with Crippen LogP contribution in [0.4, 0.5) is 5.69 Å². The number of anilines is 1. The number of amides is 1. The molecule has 3 aromatic rings. The molecule has 0 atom stereocenters. The summed E-state index contributed by atoms with van der Waals surface area (Å²) in [6.45, 7) is 6.19. The SMILES string of the molecule is Cc1oc(-c2ccc(NC(=O)C(C)C)cc2)nc1Cn1cccn1. The van der Waals surface area contributed by atoms with Crippen LogP contribution in [0.3, 0.4) is 0 Å². The molecule has 0 saturated heterocycles. The van der Waals surface area contributed by atoms with Crippen molar-refractivity contribution in [2.75, 3.05) is 5.32 Å². The van der Waals surface area contributed by atoms with Crippen LogP contribution >= 0.6 is 0 Å². The number of rotatable bonds is 5. The van der Waals surface area contributed by atoms with Crippen molar-refractivity contribution in [1.82, 2.24) is 14.8 Å². The number of benzene rings is 1. The zero-order valence-corrected chi connectivity index (χ0v) is 14.0. The monoisotopic (exact) mass is 324 g/mol. The Morgan fingerprint density at radius 1 is 1.29 bits per heavy atom. The molecule has 0 unspecified atom stereocenters. The van der Waals surface area contributed by atoms with Gasteiger partial charge >= 0.3 is 0 Å². The van der Waals surface area contributed by atoms with Gasteiger partial charge in [0.25, 0.3) is 0 Å². The van der Waals surface area contributed by atoms with Gasteiger partial charge in [0.05, 0.1) is 6.54 Å².